The average Bonchev–Trinajstić information content (AvgIpc) is 2.46. The van der Waals surface area contributed by atoms with Crippen LogP contribution in [0.4, 0.5) is 0 Å². The van der Waals surface area contributed by atoms with Gasteiger partial charge in [0.15, 0.2) is 5.78 Å². The average molecular weight is 270 g/mol. The van der Waals surface area contributed by atoms with E-state index in [9.17, 15) is 10.1 Å². The molecule has 0 aliphatic carbocycles. The number of rotatable bonds is 4. The summed E-state index contributed by atoms with van der Waals surface area (Å²) in [5.41, 5.74) is 1.32. The molecule has 0 saturated heterocycles. The van der Waals surface area contributed by atoms with Gasteiger partial charge in [-0.2, -0.15) is 5.26 Å². The standard InChI is InChI=1S/C16H12ClNO/c17-15-9-5-4-8-14(15)13(11-18)10-16(19)12-6-2-1-3-7-12/h1-9,13H,10H2/t13-/m1/s1. The number of halogens is 1. The maximum atomic E-state index is 12.1. The molecule has 0 aromatic heterocycles. The second-order valence-electron chi connectivity index (χ2n) is 4.20. The molecule has 0 amide bonds. The molecule has 0 unspecified atom stereocenters. The highest BCUT2D eigenvalue weighted by molar-refractivity contribution is 6.31. The molecule has 0 aliphatic heterocycles. The molecule has 0 saturated carbocycles. The number of nitriles is 1. The summed E-state index contributed by atoms with van der Waals surface area (Å²) in [5.74, 6) is -0.562. The van der Waals surface area contributed by atoms with Gasteiger partial charge >= 0.3 is 0 Å². The zero-order valence-corrected chi connectivity index (χ0v) is 11.0. The van der Waals surface area contributed by atoms with E-state index >= 15 is 0 Å². The molecular formula is C16H12ClNO. The van der Waals surface area contributed by atoms with Crippen LogP contribution in [0.15, 0.2) is 54.6 Å². The Hall–Kier alpha value is -2.11. The molecule has 0 aliphatic rings. The molecule has 0 heterocycles. The quantitative estimate of drug-likeness (QED) is 0.780. The Balaban J connectivity index is 2.20. The van der Waals surface area contributed by atoms with Gasteiger partial charge in [-0.3, -0.25) is 4.79 Å². The first-order valence-corrected chi connectivity index (χ1v) is 6.32. The number of ketones is 1. The third-order valence-corrected chi connectivity index (χ3v) is 3.27. The Kier molecular flexibility index (Phi) is 4.33. The number of Topliss-reactive ketones (excluding diaryl/α,β-unsaturated/α-hetero) is 1. The summed E-state index contributed by atoms with van der Waals surface area (Å²) in [6, 6.07) is 18.3. The van der Waals surface area contributed by atoms with Crippen LogP contribution in [0.3, 0.4) is 0 Å². The van der Waals surface area contributed by atoms with E-state index in [2.05, 4.69) is 6.07 Å². The number of nitrogens with zero attached hydrogens (tertiary/aromatic N) is 1. The van der Waals surface area contributed by atoms with Crippen LogP contribution in [-0.4, -0.2) is 5.78 Å². The van der Waals surface area contributed by atoms with E-state index in [1.807, 2.05) is 24.3 Å². The minimum atomic E-state index is -0.513. The van der Waals surface area contributed by atoms with E-state index in [4.69, 9.17) is 11.6 Å². The van der Waals surface area contributed by atoms with Gasteiger partial charge in [0.1, 0.15) is 0 Å². The predicted molar refractivity (Wildman–Crippen MR) is 75.2 cm³/mol. The van der Waals surface area contributed by atoms with Crippen molar-refractivity contribution in [2.75, 3.05) is 0 Å². The van der Waals surface area contributed by atoms with Gasteiger partial charge < -0.3 is 0 Å². The van der Waals surface area contributed by atoms with E-state index in [0.29, 0.717) is 16.1 Å². The summed E-state index contributed by atoms with van der Waals surface area (Å²) < 4.78 is 0. The van der Waals surface area contributed by atoms with Crippen molar-refractivity contribution in [1.82, 2.24) is 0 Å². The SMILES string of the molecule is N#C[C@@H](CC(=O)c1ccccc1)c1ccccc1Cl. The fourth-order valence-electron chi connectivity index (χ4n) is 1.91. The van der Waals surface area contributed by atoms with Crippen molar-refractivity contribution in [1.29, 1.82) is 5.26 Å². The summed E-state index contributed by atoms with van der Waals surface area (Å²) in [5, 5.41) is 9.76. The predicted octanol–water partition coefficient (Wildman–Crippen LogP) is 4.22. The zero-order valence-electron chi connectivity index (χ0n) is 10.2. The van der Waals surface area contributed by atoms with E-state index in [1.165, 1.54) is 0 Å². The minimum Gasteiger partial charge on any atom is -0.294 e. The molecule has 0 radical (unpaired) electrons. The monoisotopic (exact) mass is 269 g/mol. The van der Waals surface area contributed by atoms with Crippen LogP contribution in [0.1, 0.15) is 28.3 Å². The molecule has 0 N–H and O–H groups in total. The Bertz CT molecular complexity index is 616. The van der Waals surface area contributed by atoms with E-state index in [1.54, 1.807) is 30.3 Å². The van der Waals surface area contributed by atoms with Gasteiger partial charge in [-0.1, -0.05) is 60.1 Å². The van der Waals surface area contributed by atoms with Crippen LogP contribution in [0.2, 0.25) is 5.02 Å². The first-order valence-electron chi connectivity index (χ1n) is 5.94. The first kappa shape index (κ1) is 13.3. The Morgan fingerprint density at radius 3 is 2.37 bits per heavy atom. The molecule has 1 atom stereocenters. The minimum absolute atomic E-state index is 0.0490. The van der Waals surface area contributed by atoms with Crippen molar-refractivity contribution in [3.63, 3.8) is 0 Å². The van der Waals surface area contributed by atoms with Gasteiger partial charge in [0, 0.05) is 17.0 Å². The highest BCUT2D eigenvalue weighted by Gasteiger charge is 2.18. The van der Waals surface area contributed by atoms with Gasteiger partial charge in [-0.05, 0) is 11.6 Å². The second kappa shape index (κ2) is 6.17. The Labute approximate surface area is 117 Å². The molecular weight excluding hydrogens is 258 g/mol. The van der Waals surface area contributed by atoms with Crippen molar-refractivity contribution in [2.24, 2.45) is 0 Å². The molecule has 2 rings (SSSR count). The van der Waals surface area contributed by atoms with Gasteiger partial charge in [-0.25, -0.2) is 0 Å². The molecule has 2 aromatic rings. The highest BCUT2D eigenvalue weighted by Crippen LogP contribution is 2.27. The molecule has 94 valence electrons. The lowest BCUT2D eigenvalue weighted by Gasteiger charge is -2.10. The van der Waals surface area contributed by atoms with Crippen LogP contribution >= 0.6 is 11.6 Å². The summed E-state index contributed by atoms with van der Waals surface area (Å²) in [6.07, 6.45) is 0.143. The summed E-state index contributed by atoms with van der Waals surface area (Å²) >= 11 is 6.06. The largest absolute Gasteiger partial charge is 0.294 e. The number of carbonyl (C=O) groups excluding carboxylic acids is 1. The molecule has 3 heteroatoms. The third kappa shape index (κ3) is 3.21. The van der Waals surface area contributed by atoms with E-state index < -0.39 is 5.92 Å². The van der Waals surface area contributed by atoms with Gasteiger partial charge in [0.2, 0.25) is 0 Å². The number of hydrogen-bond donors (Lipinski definition) is 0. The van der Waals surface area contributed by atoms with Crippen molar-refractivity contribution in [3.05, 3.63) is 70.7 Å². The fourth-order valence-corrected chi connectivity index (χ4v) is 2.18. The lowest BCUT2D eigenvalue weighted by molar-refractivity contribution is 0.0979. The first-order chi connectivity index (χ1) is 9.22. The highest BCUT2D eigenvalue weighted by atomic mass is 35.5. The van der Waals surface area contributed by atoms with Gasteiger partial charge in [0.05, 0.1) is 12.0 Å². The lowest BCUT2D eigenvalue weighted by atomic mass is 9.93. The molecule has 19 heavy (non-hydrogen) atoms. The van der Waals surface area contributed by atoms with Crippen molar-refractivity contribution < 1.29 is 4.79 Å². The summed E-state index contributed by atoms with van der Waals surface area (Å²) in [4.78, 5) is 12.1. The summed E-state index contributed by atoms with van der Waals surface area (Å²) in [7, 11) is 0. The molecule has 0 fully saturated rings. The molecule has 2 aromatic carbocycles. The van der Waals surface area contributed by atoms with Crippen molar-refractivity contribution in [2.45, 2.75) is 12.3 Å². The van der Waals surface area contributed by atoms with Crippen LogP contribution < -0.4 is 0 Å². The van der Waals surface area contributed by atoms with Crippen molar-refractivity contribution >= 4 is 17.4 Å². The normalized spacial score (nSPS) is 11.6. The van der Waals surface area contributed by atoms with Crippen LogP contribution in [-0.2, 0) is 0 Å². The van der Waals surface area contributed by atoms with E-state index in [-0.39, 0.29) is 12.2 Å². The fraction of sp³-hybridized carbons (Fsp3) is 0.125. The van der Waals surface area contributed by atoms with Crippen LogP contribution in [0, 0.1) is 11.3 Å². The second-order valence-corrected chi connectivity index (χ2v) is 4.60. The molecule has 2 nitrogen and oxygen atoms in total. The molecule has 0 bridgehead atoms. The number of benzene rings is 2. The topological polar surface area (TPSA) is 40.9 Å². The van der Waals surface area contributed by atoms with Crippen molar-refractivity contribution in [3.8, 4) is 6.07 Å². The zero-order chi connectivity index (χ0) is 13.7. The summed E-state index contributed by atoms with van der Waals surface area (Å²) in [6.45, 7) is 0. The third-order valence-electron chi connectivity index (χ3n) is 2.92. The smallest absolute Gasteiger partial charge is 0.164 e. The lowest BCUT2D eigenvalue weighted by Crippen LogP contribution is -2.06. The number of hydrogen-bond acceptors (Lipinski definition) is 2. The van der Waals surface area contributed by atoms with E-state index in [0.717, 1.165) is 0 Å². The number of carbonyl (C=O) groups is 1. The van der Waals surface area contributed by atoms with Crippen LogP contribution in [0.25, 0.3) is 0 Å². The maximum absolute atomic E-state index is 12.1. The van der Waals surface area contributed by atoms with Crippen LogP contribution in [0.5, 0.6) is 0 Å². The Morgan fingerprint density at radius 1 is 1.11 bits per heavy atom. The van der Waals surface area contributed by atoms with Gasteiger partial charge in [0.25, 0.3) is 0 Å². The van der Waals surface area contributed by atoms with Gasteiger partial charge in [-0.15, -0.1) is 0 Å². The Morgan fingerprint density at radius 2 is 1.74 bits per heavy atom. The maximum Gasteiger partial charge on any atom is 0.164 e. The molecule has 0 spiro atoms.